The van der Waals surface area contributed by atoms with Gasteiger partial charge in [-0.15, -0.1) is 17.9 Å². The smallest absolute Gasteiger partial charge is 0.272 e. The lowest BCUT2D eigenvalue weighted by Gasteiger charge is -2.15. The van der Waals surface area contributed by atoms with Gasteiger partial charge in [-0.05, 0) is 42.8 Å². The fourth-order valence-electron chi connectivity index (χ4n) is 3.29. The van der Waals surface area contributed by atoms with Crippen LogP contribution in [0.5, 0.6) is 0 Å². The van der Waals surface area contributed by atoms with E-state index in [0.717, 1.165) is 10.4 Å². The van der Waals surface area contributed by atoms with Crippen molar-refractivity contribution in [2.45, 2.75) is 23.9 Å². The van der Waals surface area contributed by atoms with Gasteiger partial charge in [-0.25, -0.2) is 4.98 Å². The SMILES string of the molecule is C=CCn1c(SC(C)C(=O)Nc2ccc(C(N)=O)cc2)nc2cc(-c3ccccc3)sc2c1=O. The van der Waals surface area contributed by atoms with E-state index in [0.29, 0.717) is 26.6 Å². The fourth-order valence-corrected chi connectivity index (χ4v) is 5.26. The molecule has 1 atom stereocenters. The number of anilines is 1. The molecule has 0 bridgehead atoms. The molecule has 0 fully saturated rings. The van der Waals surface area contributed by atoms with Gasteiger partial charge in [0.15, 0.2) is 5.16 Å². The number of nitrogens with one attached hydrogen (secondary N) is 1. The molecule has 4 aromatic rings. The number of hydrogen-bond acceptors (Lipinski definition) is 6. The number of thioether (sulfide) groups is 1. The number of nitrogens with zero attached hydrogens (tertiary/aromatic N) is 2. The highest BCUT2D eigenvalue weighted by Gasteiger charge is 2.21. The third-order valence-corrected chi connectivity index (χ3v) is 7.31. The highest BCUT2D eigenvalue weighted by Crippen LogP contribution is 2.32. The molecule has 2 aromatic carbocycles. The van der Waals surface area contributed by atoms with Gasteiger partial charge in [-0.2, -0.15) is 0 Å². The Bertz CT molecular complexity index is 1430. The number of hydrogen-bond donors (Lipinski definition) is 2. The molecule has 0 aliphatic heterocycles. The monoisotopic (exact) mass is 490 g/mol. The van der Waals surface area contributed by atoms with Gasteiger partial charge in [0.05, 0.1) is 10.8 Å². The Morgan fingerprint density at radius 2 is 1.91 bits per heavy atom. The topological polar surface area (TPSA) is 107 Å². The van der Waals surface area contributed by atoms with Gasteiger partial charge in [0.25, 0.3) is 5.56 Å². The number of thiophene rings is 1. The predicted octanol–water partition coefficient (Wildman–Crippen LogP) is 4.53. The first-order valence-electron chi connectivity index (χ1n) is 10.5. The summed E-state index contributed by atoms with van der Waals surface area (Å²) in [7, 11) is 0. The number of carbonyl (C=O) groups is 2. The first-order valence-corrected chi connectivity index (χ1v) is 12.1. The van der Waals surface area contributed by atoms with Crippen molar-refractivity contribution in [3.05, 3.63) is 89.2 Å². The van der Waals surface area contributed by atoms with Crippen LogP contribution in [-0.4, -0.2) is 26.6 Å². The van der Waals surface area contributed by atoms with Crippen LogP contribution in [0.3, 0.4) is 0 Å². The summed E-state index contributed by atoms with van der Waals surface area (Å²) in [5, 5.41) is 2.72. The molecule has 9 heteroatoms. The van der Waals surface area contributed by atoms with Crippen molar-refractivity contribution in [3.8, 4) is 10.4 Å². The molecule has 2 aromatic heterocycles. The molecule has 0 saturated heterocycles. The van der Waals surface area contributed by atoms with E-state index in [-0.39, 0.29) is 18.0 Å². The molecular weight excluding hydrogens is 468 g/mol. The van der Waals surface area contributed by atoms with Crippen molar-refractivity contribution in [3.63, 3.8) is 0 Å². The zero-order valence-corrected chi connectivity index (χ0v) is 20.0. The highest BCUT2D eigenvalue weighted by molar-refractivity contribution is 8.00. The van der Waals surface area contributed by atoms with Crippen LogP contribution < -0.4 is 16.6 Å². The van der Waals surface area contributed by atoms with Gasteiger partial charge in [-0.1, -0.05) is 48.2 Å². The van der Waals surface area contributed by atoms with Crippen LogP contribution in [0.25, 0.3) is 20.7 Å². The second-order valence-electron chi connectivity index (χ2n) is 7.48. The van der Waals surface area contributed by atoms with E-state index in [2.05, 4.69) is 11.9 Å². The normalized spacial score (nSPS) is 11.8. The van der Waals surface area contributed by atoms with Crippen molar-refractivity contribution in [2.75, 3.05) is 5.32 Å². The van der Waals surface area contributed by atoms with Crippen LogP contribution in [-0.2, 0) is 11.3 Å². The number of nitrogens with two attached hydrogens (primary N) is 1. The Balaban J connectivity index is 1.61. The van der Waals surface area contributed by atoms with Gasteiger partial charge >= 0.3 is 0 Å². The highest BCUT2D eigenvalue weighted by atomic mass is 32.2. The summed E-state index contributed by atoms with van der Waals surface area (Å²) in [5.74, 6) is -0.793. The Kier molecular flexibility index (Phi) is 6.95. The fraction of sp³-hybridized carbons (Fsp3) is 0.120. The van der Waals surface area contributed by atoms with Crippen LogP contribution in [0.1, 0.15) is 17.3 Å². The summed E-state index contributed by atoms with van der Waals surface area (Å²) in [5.41, 5.74) is 7.62. The molecule has 0 radical (unpaired) electrons. The van der Waals surface area contributed by atoms with Crippen molar-refractivity contribution < 1.29 is 9.59 Å². The molecular formula is C25H22N4O3S2. The number of aromatic nitrogens is 2. The molecule has 34 heavy (non-hydrogen) atoms. The third kappa shape index (κ3) is 4.95. The summed E-state index contributed by atoms with van der Waals surface area (Å²) < 4.78 is 2.10. The lowest BCUT2D eigenvalue weighted by Crippen LogP contribution is -2.26. The molecule has 0 aliphatic rings. The van der Waals surface area contributed by atoms with Crippen LogP contribution in [0, 0.1) is 0 Å². The number of fused-ring (bicyclic) bond motifs is 1. The zero-order chi connectivity index (χ0) is 24.2. The number of benzene rings is 2. The molecule has 0 saturated carbocycles. The molecule has 7 nitrogen and oxygen atoms in total. The Morgan fingerprint density at radius 1 is 1.21 bits per heavy atom. The summed E-state index contributed by atoms with van der Waals surface area (Å²) in [6.07, 6.45) is 1.63. The van der Waals surface area contributed by atoms with Gasteiger partial charge in [0, 0.05) is 22.7 Å². The molecule has 3 N–H and O–H groups in total. The minimum absolute atomic E-state index is 0.158. The maximum absolute atomic E-state index is 13.2. The first-order chi connectivity index (χ1) is 16.4. The van der Waals surface area contributed by atoms with Crippen LogP contribution in [0.4, 0.5) is 5.69 Å². The van der Waals surface area contributed by atoms with Crippen LogP contribution >= 0.6 is 23.1 Å². The van der Waals surface area contributed by atoms with E-state index in [4.69, 9.17) is 10.7 Å². The Hall–Kier alpha value is -3.69. The molecule has 4 rings (SSSR count). The minimum Gasteiger partial charge on any atom is -0.366 e. The van der Waals surface area contributed by atoms with Crippen molar-refractivity contribution in [1.82, 2.24) is 9.55 Å². The van der Waals surface area contributed by atoms with Gasteiger partial charge in [0.1, 0.15) is 4.70 Å². The Morgan fingerprint density at radius 3 is 2.56 bits per heavy atom. The average Bonchev–Trinajstić information content (AvgIpc) is 3.27. The van der Waals surface area contributed by atoms with Crippen molar-refractivity contribution in [1.29, 1.82) is 0 Å². The number of carbonyl (C=O) groups excluding carboxylic acids is 2. The first kappa shape index (κ1) is 23.5. The summed E-state index contributed by atoms with van der Waals surface area (Å²) in [6.45, 7) is 5.78. The van der Waals surface area contributed by atoms with Gasteiger partial charge in [-0.3, -0.25) is 19.0 Å². The summed E-state index contributed by atoms with van der Waals surface area (Å²) in [4.78, 5) is 42.9. The second kappa shape index (κ2) is 10.1. The van der Waals surface area contributed by atoms with Crippen molar-refractivity contribution >= 4 is 50.8 Å². The van der Waals surface area contributed by atoms with Gasteiger partial charge < -0.3 is 11.1 Å². The number of rotatable bonds is 8. The second-order valence-corrected chi connectivity index (χ2v) is 9.84. The molecule has 172 valence electrons. The molecule has 1 unspecified atom stereocenters. The maximum Gasteiger partial charge on any atom is 0.272 e. The zero-order valence-electron chi connectivity index (χ0n) is 18.4. The third-order valence-electron chi connectivity index (χ3n) is 5.06. The van der Waals surface area contributed by atoms with E-state index in [9.17, 15) is 14.4 Å². The number of allylic oxidation sites excluding steroid dienone is 1. The minimum atomic E-state index is -0.538. The molecule has 0 spiro atoms. The van der Waals surface area contributed by atoms with Crippen LogP contribution in [0.15, 0.2) is 83.3 Å². The lowest BCUT2D eigenvalue weighted by molar-refractivity contribution is -0.115. The van der Waals surface area contributed by atoms with Crippen LogP contribution in [0.2, 0.25) is 0 Å². The van der Waals surface area contributed by atoms with E-state index in [1.807, 2.05) is 36.4 Å². The molecule has 0 aliphatic carbocycles. The number of amides is 2. The summed E-state index contributed by atoms with van der Waals surface area (Å²) in [6, 6.07) is 18.1. The van der Waals surface area contributed by atoms with E-state index < -0.39 is 11.2 Å². The lowest BCUT2D eigenvalue weighted by atomic mass is 10.2. The van der Waals surface area contributed by atoms with Gasteiger partial charge in [0.2, 0.25) is 11.8 Å². The Labute approximate surface area is 204 Å². The van der Waals surface area contributed by atoms with E-state index >= 15 is 0 Å². The van der Waals surface area contributed by atoms with E-state index in [1.165, 1.54) is 27.7 Å². The standard InChI is InChI=1S/C25H22N4O3S2/c1-3-13-29-24(32)21-19(14-20(34-21)16-7-5-4-6-8-16)28-25(29)33-15(2)23(31)27-18-11-9-17(10-12-18)22(26)30/h3-12,14-15H,1,13H2,2H3,(H2,26,30)(H,27,31). The molecule has 2 heterocycles. The van der Waals surface area contributed by atoms with E-state index in [1.54, 1.807) is 37.3 Å². The largest absolute Gasteiger partial charge is 0.366 e. The maximum atomic E-state index is 13.2. The average molecular weight is 491 g/mol. The quantitative estimate of drug-likeness (QED) is 0.214. The predicted molar refractivity (Wildman–Crippen MR) is 138 cm³/mol. The van der Waals surface area contributed by atoms with Crippen molar-refractivity contribution in [2.24, 2.45) is 5.73 Å². The summed E-state index contributed by atoms with van der Waals surface area (Å²) >= 11 is 2.61. The number of primary amides is 1. The molecule has 2 amide bonds.